The van der Waals surface area contributed by atoms with Crippen LogP contribution in [0, 0.1) is 6.92 Å². The second kappa shape index (κ2) is 8.41. The largest absolute Gasteiger partial charge is 0.461 e. The number of nitrogens with zero attached hydrogens (tertiary/aromatic N) is 4. The van der Waals surface area contributed by atoms with Gasteiger partial charge in [-0.15, -0.1) is 0 Å². The second-order valence-electron chi connectivity index (χ2n) is 7.74. The Balaban J connectivity index is 1.63. The maximum atomic E-state index is 6.23. The Kier molecular flexibility index (Phi) is 5.72. The van der Waals surface area contributed by atoms with E-state index in [-0.39, 0.29) is 6.10 Å². The summed E-state index contributed by atoms with van der Waals surface area (Å²) < 4.78 is 5.77. The normalized spacial score (nSPS) is 15.1. The zero-order valence-corrected chi connectivity index (χ0v) is 17.8. The molecule has 0 spiro atoms. The predicted molar refractivity (Wildman–Crippen MR) is 116 cm³/mol. The topological polar surface area (TPSA) is 66.9 Å². The van der Waals surface area contributed by atoms with Gasteiger partial charge in [0.2, 0.25) is 0 Å². The number of piperidine rings is 1. The third kappa shape index (κ3) is 4.37. The highest BCUT2D eigenvalue weighted by molar-refractivity contribution is 6.30. The average Bonchev–Trinajstić information content (AvgIpc) is 3.13. The van der Waals surface area contributed by atoms with Crippen LogP contribution in [0.25, 0.3) is 11.1 Å². The molecule has 0 unspecified atom stereocenters. The van der Waals surface area contributed by atoms with E-state index in [0.29, 0.717) is 17.0 Å². The van der Waals surface area contributed by atoms with Crippen LogP contribution < -0.4 is 9.64 Å². The van der Waals surface area contributed by atoms with Gasteiger partial charge in [0.15, 0.2) is 0 Å². The van der Waals surface area contributed by atoms with Crippen molar-refractivity contribution in [2.75, 3.05) is 18.0 Å². The van der Waals surface area contributed by atoms with Crippen LogP contribution in [0.3, 0.4) is 0 Å². The number of hydrogen-bond donors (Lipinski definition) is 1. The summed E-state index contributed by atoms with van der Waals surface area (Å²) in [6.45, 7) is 7.86. The number of rotatable bonds is 5. The lowest BCUT2D eigenvalue weighted by atomic mass is 9.92. The van der Waals surface area contributed by atoms with Crippen LogP contribution in [0.15, 0.2) is 36.8 Å². The van der Waals surface area contributed by atoms with Gasteiger partial charge in [0.05, 0.1) is 18.1 Å². The minimum atomic E-state index is 0.0215. The maximum absolute atomic E-state index is 6.23. The molecule has 152 valence electrons. The van der Waals surface area contributed by atoms with Gasteiger partial charge in [-0.05, 0) is 51.3 Å². The quantitative estimate of drug-likeness (QED) is 0.639. The fraction of sp³-hybridized carbons (Fsp3) is 0.409. The van der Waals surface area contributed by atoms with E-state index in [4.69, 9.17) is 21.3 Å². The molecule has 0 radical (unpaired) electrons. The number of nitrogens with one attached hydrogen (secondary N) is 1. The highest BCUT2D eigenvalue weighted by Gasteiger charge is 2.26. The zero-order chi connectivity index (χ0) is 20.4. The molecule has 29 heavy (non-hydrogen) atoms. The molecule has 3 heterocycles. The Morgan fingerprint density at radius 3 is 2.66 bits per heavy atom. The number of H-pyrrole nitrogens is 1. The first kappa shape index (κ1) is 19.7. The van der Waals surface area contributed by atoms with Crippen molar-refractivity contribution < 1.29 is 4.74 Å². The minimum Gasteiger partial charge on any atom is -0.461 e. The van der Waals surface area contributed by atoms with Gasteiger partial charge in [-0.3, -0.25) is 0 Å². The summed E-state index contributed by atoms with van der Waals surface area (Å²) >= 11 is 6.23. The molecule has 3 aromatic rings. The van der Waals surface area contributed by atoms with Crippen molar-refractivity contribution in [2.45, 2.75) is 45.6 Å². The summed E-state index contributed by atoms with van der Waals surface area (Å²) in [4.78, 5) is 19.2. The minimum absolute atomic E-state index is 0.0215. The number of hydrogen-bond acceptors (Lipinski definition) is 5. The summed E-state index contributed by atoms with van der Waals surface area (Å²) in [6.07, 6.45) is 5.72. The standard InChI is InChI=1S/C22H26ClN5O/c1-14(2)29-22-24-12-19(17-5-4-6-18(23)11-17)21(27-22)28-9-7-16(8-10-28)20-15(3)25-13-26-20/h4-6,11-14,16H,7-10H2,1-3H3,(H,25,26). The smallest absolute Gasteiger partial charge is 0.318 e. The highest BCUT2D eigenvalue weighted by Crippen LogP contribution is 2.36. The van der Waals surface area contributed by atoms with Gasteiger partial charge < -0.3 is 14.6 Å². The molecule has 1 aliphatic rings. The van der Waals surface area contributed by atoms with Crippen LogP contribution >= 0.6 is 11.6 Å². The molecule has 1 saturated heterocycles. The summed E-state index contributed by atoms with van der Waals surface area (Å²) in [7, 11) is 0. The molecule has 1 N–H and O–H groups in total. The predicted octanol–water partition coefficient (Wildman–Crippen LogP) is 5.00. The molecule has 6 nitrogen and oxygen atoms in total. The lowest BCUT2D eigenvalue weighted by Gasteiger charge is -2.33. The molecule has 0 atom stereocenters. The van der Waals surface area contributed by atoms with Crippen molar-refractivity contribution in [2.24, 2.45) is 0 Å². The van der Waals surface area contributed by atoms with Gasteiger partial charge in [-0.25, -0.2) is 9.97 Å². The van der Waals surface area contributed by atoms with E-state index in [9.17, 15) is 0 Å². The monoisotopic (exact) mass is 411 g/mol. The molecule has 1 aromatic carbocycles. The molecule has 1 fully saturated rings. The summed E-state index contributed by atoms with van der Waals surface area (Å²) in [5.74, 6) is 1.37. The van der Waals surface area contributed by atoms with Crippen molar-refractivity contribution >= 4 is 17.4 Å². The molecule has 0 amide bonds. The number of halogens is 1. The van der Waals surface area contributed by atoms with Crippen molar-refractivity contribution in [1.29, 1.82) is 0 Å². The van der Waals surface area contributed by atoms with Gasteiger partial charge >= 0.3 is 6.01 Å². The molecule has 1 aliphatic heterocycles. The fourth-order valence-electron chi connectivity index (χ4n) is 3.87. The molecule has 0 aliphatic carbocycles. The van der Waals surface area contributed by atoms with Crippen LogP contribution in [-0.2, 0) is 0 Å². The van der Waals surface area contributed by atoms with Crippen LogP contribution in [0.4, 0.5) is 5.82 Å². The maximum Gasteiger partial charge on any atom is 0.318 e. The number of benzene rings is 1. The Labute approximate surface area is 176 Å². The van der Waals surface area contributed by atoms with Gasteiger partial charge in [-0.1, -0.05) is 23.7 Å². The van der Waals surface area contributed by atoms with Crippen molar-refractivity contribution in [3.05, 3.63) is 53.2 Å². The number of aromatic amines is 1. The first-order chi connectivity index (χ1) is 14.0. The number of aryl methyl sites for hydroxylation is 1. The van der Waals surface area contributed by atoms with E-state index in [2.05, 4.69) is 26.8 Å². The van der Waals surface area contributed by atoms with Crippen LogP contribution in [0.5, 0.6) is 6.01 Å². The van der Waals surface area contributed by atoms with E-state index in [1.165, 1.54) is 5.69 Å². The van der Waals surface area contributed by atoms with Gasteiger partial charge in [0, 0.05) is 41.5 Å². The van der Waals surface area contributed by atoms with E-state index in [1.54, 1.807) is 6.33 Å². The van der Waals surface area contributed by atoms with Crippen LogP contribution in [0.1, 0.15) is 44.0 Å². The molecule has 0 bridgehead atoms. The molecule has 4 rings (SSSR count). The van der Waals surface area contributed by atoms with Crippen LogP contribution in [0.2, 0.25) is 5.02 Å². The van der Waals surface area contributed by atoms with E-state index in [1.807, 2.05) is 44.3 Å². The Bertz CT molecular complexity index is 979. The Hall–Kier alpha value is -2.60. The average molecular weight is 412 g/mol. The van der Waals surface area contributed by atoms with Gasteiger partial charge in [-0.2, -0.15) is 4.98 Å². The third-order valence-electron chi connectivity index (χ3n) is 5.27. The van der Waals surface area contributed by atoms with Crippen molar-refractivity contribution in [3.8, 4) is 17.1 Å². The summed E-state index contributed by atoms with van der Waals surface area (Å²) in [5, 5.41) is 0.698. The Morgan fingerprint density at radius 1 is 1.21 bits per heavy atom. The summed E-state index contributed by atoms with van der Waals surface area (Å²) in [5.41, 5.74) is 4.33. The molecular formula is C22H26ClN5O. The lowest BCUT2D eigenvalue weighted by Crippen LogP contribution is -2.34. The van der Waals surface area contributed by atoms with Gasteiger partial charge in [0.1, 0.15) is 5.82 Å². The number of imidazole rings is 1. The summed E-state index contributed by atoms with van der Waals surface area (Å²) in [6, 6.07) is 8.22. The van der Waals surface area contributed by atoms with Crippen LogP contribution in [-0.4, -0.2) is 39.1 Å². The van der Waals surface area contributed by atoms with Gasteiger partial charge in [0.25, 0.3) is 0 Å². The van der Waals surface area contributed by atoms with E-state index < -0.39 is 0 Å². The zero-order valence-electron chi connectivity index (χ0n) is 17.0. The highest BCUT2D eigenvalue weighted by atomic mass is 35.5. The SMILES string of the molecule is Cc1[nH]cnc1C1CCN(c2nc(OC(C)C)ncc2-c2cccc(Cl)c2)CC1. The van der Waals surface area contributed by atoms with E-state index >= 15 is 0 Å². The Morgan fingerprint density at radius 2 is 2.00 bits per heavy atom. The molecule has 2 aromatic heterocycles. The third-order valence-corrected chi connectivity index (χ3v) is 5.51. The molecular weight excluding hydrogens is 386 g/mol. The molecule has 7 heteroatoms. The molecule has 0 saturated carbocycles. The van der Waals surface area contributed by atoms with E-state index in [0.717, 1.165) is 48.6 Å². The fourth-order valence-corrected chi connectivity index (χ4v) is 4.06. The second-order valence-corrected chi connectivity index (χ2v) is 8.18. The number of anilines is 1. The first-order valence-corrected chi connectivity index (χ1v) is 10.4. The number of aromatic nitrogens is 4. The first-order valence-electron chi connectivity index (χ1n) is 10.1. The lowest BCUT2D eigenvalue weighted by molar-refractivity contribution is 0.222. The number of ether oxygens (including phenoxy) is 1. The van der Waals surface area contributed by atoms with Crippen molar-refractivity contribution in [3.63, 3.8) is 0 Å². The van der Waals surface area contributed by atoms with Crippen molar-refractivity contribution in [1.82, 2.24) is 19.9 Å².